The van der Waals surface area contributed by atoms with E-state index in [9.17, 15) is 9.90 Å². The molecule has 3 N–H and O–H groups in total. The zero-order valence-electron chi connectivity index (χ0n) is 11.6. The molecule has 0 radical (unpaired) electrons. The van der Waals surface area contributed by atoms with Crippen molar-refractivity contribution in [3.63, 3.8) is 0 Å². The normalized spacial score (nSPS) is 10.4. The molecule has 110 valence electrons. The second kappa shape index (κ2) is 6.50. The third kappa shape index (κ3) is 3.47. The molecule has 0 aliphatic carbocycles. The van der Waals surface area contributed by atoms with Gasteiger partial charge in [-0.3, -0.25) is 0 Å². The molecule has 2 rings (SSSR count). The van der Waals surface area contributed by atoms with Gasteiger partial charge in [-0.25, -0.2) is 4.79 Å². The number of halogens is 1. The van der Waals surface area contributed by atoms with Crippen LogP contribution in [0.25, 0.3) is 0 Å². The minimum Gasteiger partial charge on any atom is -0.489 e. The number of carbonyl (C=O) groups is 1. The van der Waals surface area contributed by atoms with Gasteiger partial charge in [0, 0.05) is 16.3 Å². The van der Waals surface area contributed by atoms with Gasteiger partial charge in [0.1, 0.15) is 12.4 Å². The summed E-state index contributed by atoms with van der Waals surface area (Å²) in [5.41, 5.74) is 7.54. The van der Waals surface area contributed by atoms with E-state index in [-0.39, 0.29) is 17.9 Å². The highest BCUT2D eigenvalue weighted by atomic mass is 35.5. The number of nitrogens with two attached hydrogens (primary N) is 1. The van der Waals surface area contributed by atoms with Crippen molar-refractivity contribution in [3.05, 3.63) is 58.1 Å². The maximum atomic E-state index is 11.2. The van der Waals surface area contributed by atoms with Crippen molar-refractivity contribution in [2.45, 2.75) is 20.0 Å². The summed E-state index contributed by atoms with van der Waals surface area (Å²) in [4.78, 5) is 11.2. The zero-order valence-corrected chi connectivity index (χ0v) is 12.4. The van der Waals surface area contributed by atoms with Crippen LogP contribution in [0.3, 0.4) is 0 Å². The first-order valence-corrected chi connectivity index (χ1v) is 6.92. The van der Waals surface area contributed by atoms with Crippen LogP contribution in [0, 0.1) is 0 Å². The van der Waals surface area contributed by atoms with Gasteiger partial charge >= 0.3 is 5.97 Å². The van der Waals surface area contributed by atoms with Crippen molar-refractivity contribution < 1.29 is 14.6 Å². The van der Waals surface area contributed by atoms with Gasteiger partial charge < -0.3 is 15.6 Å². The topological polar surface area (TPSA) is 72.5 Å². The highest BCUT2D eigenvalue weighted by molar-refractivity contribution is 6.31. The van der Waals surface area contributed by atoms with Crippen LogP contribution >= 0.6 is 11.6 Å². The highest BCUT2D eigenvalue weighted by Gasteiger charge is 2.14. The Morgan fingerprint density at radius 3 is 2.71 bits per heavy atom. The molecular formula is C16H16ClNO3. The number of aryl methyl sites for hydroxylation is 1. The van der Waals surface area contributed by atoms with Gasteiger partial charge in [-0.2, -0.15) is 0 Å². The van der Waals surface area contributed by atoms with Gasteiger partial charge in [0.2, 0.25) is 0 Å². The Kier molecular flexibility index (Phi) is 4.70. The second-order valence-corrected chi connectivity index (χ2v) is 4.99. The molecule has 0 amide bonds. The number of nitrogen functional groups attached to an aromatic ring is 1. The molecule has 0 aliphatic heterocycles. The minimum absolute atomic E-state index is 0.0854. The molecule has 0 fully saturated rings. The van der Waals surface area contributed by atoms with Crippen molar-refractivity contribution in [2.24, 2.45) is 0 Å². The average molecular weight is 306 g/mol. The Bertz CT molecular complexity index is 671. The Morgan fingerprint density at radius 1 is 1.29 bits per heavy atom. The van der Waals surface area contributed by atoms with Crippen molar-refractivity contribution in [1.82, 2.24) is 0 Å². The van der Waals surface area contributed by atoms with Crippen molar-refractivity contribution in [1.29, 1.82) is 0 Å². The summed E-state index contributed by atoms with van der Waals surface area (Å²) in [5.74, 6) is -0.410. The number of benzene rings is 2. The van der Waals surface area contributed by atoms with Crippen molar-refractivity contribution in [2.75, 3.05) is 5.73 Å². The Labute approximate surface area is 128 Å². The van der Waals surface area contributed by atoms with E-state index in [1.807, 2.05) is 13.0 Å². The number of ether oxygens (including phenoxy) is 1. The summed E-state index contributed by atoms with van der Waals surface area (Å²) >= 11 is 6.05. The van der Waals surface area contributed by atoms with Crippen LogP contribution in [0.5, 0.6) is 5.75 Å². The Morgan fingerprint density at radius 2 is 2.05 bits per heavy atom. The maximum absolute atomic E-state index is 11.2. The van der Waals surface area contributed by atoms with Crippen LogP contribution in [-0.2, 0) is 13.0 Å². The molecule has 0 unspecified atom stereocenters. The molecular weight excluding hydrogens is 290 g/mol. The third-order valence-corrected chi connectivity index (χ3v) is 3.56. The number of carboxylic acid groups (broad SMARTS) is 1. The molecule has 0 atom stereocenters. The molecule has 0 aromatic heterocycles. The molecule has 2 aromatic carbocycles. The summed E-state index contributed by atoms with van der Waals surface area (Å²) in [6.07, 6.45) is 0.800. The predicted molar refractivity (Wildman–Crippen MR) is 83.0 cm³/mol. The molecule has 0 bridgehead atoms. The first-order chi connectivity index (χ1) is 10.0. The molecule has 0 spiro atoms. The van der Waals surface area contributed by atoms with E-state index in [2.05, 4.69) is 0 Å². The summed E-state index contributed by atoms with van der Waals surface area (Å²) in [6.45, 7) is 2.14. The summed E-state index contributed by atoms with van der Waals surface area (Å²) in [7, 11) is 0. The molecule has 4 nitrogen and oxygen atoms in total. The number of aromatic carboxylic acids is 1. The highest BCUT2D eigenvalue weighted by Crippen LogP contribution is 2.24. The third-order valence-electron chi connectivity index (χ3n) is 3.19. The van der Waals surface area contributed by atoms with Gasteiger partial charge in [-0.15, -0.1) is 0 Å². The molecule has 0 heterocycles. The lowest BCUT2D eigenvalue weighted by atomic mass is 10.1. The lowest BCUT2D eigenvalue weighted by Crippen LogP contribution is -2.09. The first-order valence-electron chi connectivity index (χ1n) is 6.54. The van der Waals surface area contributed by atoms with Gasteiger partial charge in [-0.05, 0) is 36.2 Å². The number of anilines is 1. The van der Waals surface area contributed by atoms with Crippen LogP contribution < -0.4 is 10.5 Å². The lowest BCUT2D eigenvalue weighted by molar-refractivity contribution is 0.0695. The molecule has 5 heteroatoms. The molecule has 0 saturated carbocycles. The van der Waals surface area contributed by atoms with E-state index in [1.54, 1.807) is 30.3 Å². The Balaban J connectivity index is 2.21. The first kappa shape index (κ1) is 15.2. The van der Waals surface area contributed by atoms with Crippen LogP contribution in [0.1, 0.15) is 28.4 Å². The van der Waals surface area contributed by atoms with E-state index in [4.69, 9.17) is 22.1 Å². The molecule has 21 heavy (non-hydrogen) atoms. The molecule has 0 aliphatic rings. The SMILES string of the molecule is CCc1cc(OCc2cccc(N)c2C(=O)O)ccc1Cl. The quantitative estimate of drug-likeness (QED) is 0.825. The largest absolute Gasteiger partial charge is 0.489 e. The Hall–Kier alpha value is -2.20. The van der Waals surface area contributed by atoms with Crippen LogP contribution in [0.15, 0.2) is 36.4 Å². The maximum Gasteiger partial charge on any atom is 0.338 e. The lowest BCUT2D eigenvalue weighted by Gasteiger charge is -2.11. The monoisotopic (exact) mass is 305 g/mol. The number of hydrogen-bond acceptors (Lipinski definition) is 3. The zero-order chi connectivity index (χ0) is 15.4. The smallest absolute Gasteiger partial charge is 0.338 e. The van der Waals surface area contributed by atoms with E-state index >= 15 is 0 Å². The fourth-order valence-corrected chi connectivity index (χ4v) is 2.33. The number of rotatable bonds is 5. The number of hydrogen-bond donors (Lipinski definition) is 2. The van der Waals surface area contributed by atoms with Gasteiger partial charge in [0.25, 0.3) is 0 Å². The summed E-state index contributed by atoms with van der Waals surface area (Å²) < 4.78 is 5.66. The second-order valence-electron chi connectivity index (χ2n) is 4.58. The average Bonchev–Trinajstić information content (AvgIpc) is 2.46. The standard InChI is InChI=1S/C16H16ClNO3/c1-2-10-8-12(6-7-13(10)17)21-9-11-4-3-5-14(18)15(11)16(19)20/h3-8H,2,9,18H2,1H3,(H,19,20). The fourth-order valence-electron chi connectivity index (χ4n) is 2.07. The minimum atomic E-state index is -1.06. The van der Waals surface area contributed by atoms with Crippen LogP contribution in [0.4, 0.5) is 5.69 Å². The molecule has 0 saturated heterocycles. The van der Waals surface area contributed by atoms with E-state index in [0.29, 0.717) is 16.3 Å². The van der Waals surface area contributed by atoms with E-state index < -0.39 is 5.97 Å². The molecule has 2 aromatic rings. The van der Waals surface area contributed by atoms with Gasteiger partial charge in [0.05, 0.1) is 5.56 Å². The van der Waals surface area contributed by atoms with E-state index in [0.717, 1.165) is 12.0 Å². The van der Waals surface area contributed by atoms with Crippen LogP contribution in [0.2, 0.25) is 5.02 Å². The number of carboxylic acids is 1. The summed E-state index contributed by atoms with van der Waals surface area (Å²) in [6, 6.07) is 10.3. The summed E-state index contributed by atoms with van der Waals surface area (Å²) in [5, 5.41) is 9.90. The van der Waals surface area contributed by atoms with Crippen molar-refractivity contribution in [3.8, 4) is 5.75 Å². The fraction of sp³-hybridized carbons (Fsp3) is 0.188. The van der Waals surface area contributed by atoms with E-state index in [1.165, 1.54) is 0 Å². The van der Waals surface area contributed by atoms with Gasteiger partial charge in [0.15, 0.2) is 0 Å². The van der Waals surface area contributed by atoms with Gasteiger partial charge in [-0.1, -0.05) is 30.7 Å². The van der Waals surface area contributed by atoms with Crippen LogP contribution in [-0.4, -0.2) is 11.1 Å². The predicted octanol–water partition coefficient (Wildman–Crippen LogP) is 3.76. The van der Waals surface area contributed by atoms with Crippen molar-refractivity contribution >= 4 is 23.3 Å².